The molecule has 3 heteroatoms. The average Bonchev–Trinajstić information content (AvgIpc) is 2.39. The van der Waals surface area contributed by atoms with E-state index in [4.69, 9.17) is 9.47 Å². The third kappa shape index (κ3) is 2.56. The normalized spacial score (nSPS) is 10.0. The first kappa shape index (κ1) is 11.5. The molecule has 0 saturated carbocycles. The van der Waals surface area contributed by atoms with E-state index in [9.17, 15) is 0 Å². The molecule has 0 N–H and O–H groups in total. The molecule has 0 atom stereocenters. The third-order valence-corrected chi connectivity index (χ3v) is 2.58. The second kappa shape index (κ2) is 5.34. The molecule has 0 aliphatic carbocycles. The molecule has 0 fully saturated rings. The molecule has 0 bridgehead atoms. The maximum Gasteiger partial charge on any atom is 0.164 e. The van der Waals surface area contributed by atoms with Gasteiger partial charge in [0.05, 0.1) is 14.2 Å². The zero-order chi connectivity index (χ0) is 12.1. The second-order valence-electron chi connectivity index (χ2n) is 3.65. The van der Waals surface area contributed by atoms with E-state index >= 15 is 0 Å². The number of methoxy groups -OCH3 is 2. The number of para-hydroxylation sites is 1. The fourth-order valence-electron chi connectivity index (χ4n) is 1.79. The van der Waals surface area contributed by atoms with Gasteiger partial charge in [-0.3, -0.25) is 4.98 Å². The molecular weight excluding hydrogens is 214 g/mol. The Hall–Kier alpha value is -2.03. The molecule has 1 heterocycles. The van der Waals surface area contributed by atoms with Gasteiger partial charge in [0.15, 0.2) is 11.5 Å². The smallest absolute Gasteiger partial charge is 0.164 e. The van der Waals surface area contributed by atoms with E-state index < -0.39 is 0 Å². The summed E-state index contributed by atoms with van der Waals surface area (Å²) in [6.07, 6.45) is 2.53. The Bertz CT molecular complexity index is 483. The summed E-state index contributed by atoms with van der Waals surface area (Å²) in [6.45, 7) is 0. The maximum absolute atomic E-state index is 5.39. The van der Waals surface area contributed by atoms with Crippen LogP contribution >= 0.6 is 0 Å². The lowest BCUT2D eigenvalue weighted by molar-refractivity contribution is 0.352. The Morgan fingerprint density at radius 1 is 1.00 bits per heavy atom. The summed E-state index contributed by atoms with van der Waals surface area (Å²) in [7, 11) is 3.29. The van der Waals surface area contributed by atoms with Crippen LogP contribution in [0.2, 0.25) is 0 Å². The third-order valence-electron chi connectivity index (χ3n) is 2.58. The highest BCUT2D eigenvalue weighted by Crippen LogP contribution is 2.31. The average molecular weight is 229 g/mol. The van der Waals surface area contributed by atoms with Gasteiger partial charge in [-0.05, 0) is 18.2 Å². The second-order valence-corrected chi connectivity index (χ2v) is 3.65. The lowest BCUT2D eigenvalue weighted by Crippen LogP contribution is -1.98. The summed E-state index contributed by atoms with van der Waals surface area (Å²) in [6, 6.07) is 11.8. The van der Waals surface area contributed by atoms with Crippen LogP contribution in [0.1, 0.15) is 11.3 Å². The minimum Gasteiger partial charge on any atom is -0.493 e. The van der Waals surface area contributed by atoms with Gasteiger partial charge in [-0.25, -0.2) is 0 Å². The van der Waals surface area contributed by atoms with E-state index in [1.54, 1.807) is 20.4 Å². The van der Waals surface area contributed by atoms with Gasteiger partial charge in [0.25, 0.3) is 0 Å². The number of hydrogen-bond acceptors (Lipinski definition) is 3. The molecule has 0 aliphatic rings. The first-order valence-electron chi connectivity index (χ1n) is 5.45. The molecule has 0 saturated heterocycles. The van der Waals surface area contributed by atoms with Gasteiger partial charge in [0.1, 0.15) is 0 Å². The predicted molar refractivity (Wildman–Crippen MR) is 66.6 cm³/mol. The van der Waals surface area contributed by atoms with Crippen molar-refractivity contribution >= 4 is 0 Å². The summed E-state index contributed by atoms with van der Waals surface area (Å²) < 4.78 is 10.7. The lowest BCUT2D eigenvalue weighted by atomic mass is 10.1. The van der Waals surface area contributed by atoms with Gasteiger partial charge >= 0.3 is 0 Å². The van der Waals surface area contributed by atoms with Crippen LogP contribution in [-0.4, -0.2) is 19.2 Å². The Labute approximate surface area is 101 Å². The number of hydrogen-bond donors (Lipinski definition) is 0. The number of aromatic nitrogens is 1. The lowest BCUT2D eigenvalue weighted by Gasteiger charge is -2.12. The van der Waals surface area contributed by atoms with Gasteiger partial charge in [0.2, 0.25) is 0 Å². The molecule has 88 valence electrons. The van der Waals surface area contributed by atoms with Crippen LogP contribution in [0, 0.1) is 0 Å². The zero-order valence-electron chi connectivity index (χ0n) is 10.0. The molecule has 2 rings (SSSR count). The first-order valence-corrected chi connectivity index (χ1v) is 5.45. The fourth-order valence-corrected chi connectivity index (χ4v) is 1.79. The van der Waals surface area contributed by atoms with Crippen molar-refractivity contribution in [1.29, 1.82) is 0 Å². The van der Waals surface area contributed by atoms with E-state index in [0.29, 0.717) is 0 Å². The summed E-state index contributed by atoms with van der Waals surface area (Å²) in [5.41, 5.74) is 2.09. The summed E-state index contributed by atoms with van der Waals surface area (Å²) >= 11 is 0. The van der Waals surface area contributed by atoms with Crippen molar-refractivity contribution in [1.82, 2.24) is 4.98 Å². The van der Waals surface area contributed by atoms with Crippen LogP contribution < -0.4 is 9.47 Å². The van der Waals surface area contributed by atoms with Crippen molar-refractivity contribution in [3.63, 3.8) is 0 Å². The fraction of sp³-hybridized carbons (Fsp3) is 0.214. The Kier molecular flexibility index (Phi) is 3.60. The Morgan fingerprint density at radius 3 is 2.53 bits per heavy atom. The molecule has 0 radical (unpaired) electrons. The standard InChI is InChI=1S/C14H15NO2/c1-16-13-8-5-6-11(14(13)17-2)10-12-7-3-4-9-15-12/h3-9H,10H2,1-2H3. The summed E-state index contributed by atoms with van der Waals surface area (Å²) in [5, 5.41) is 0. The molecular formula is C14H15NO2. The molecule has 2 aromatic rings. The molecule has 1 aromatic carbocycles. The van der Waals surface area contributed by atoms with Crippen molar-refractivity contribution in [3.05, 3.63) is 53.9 Å². The molecule has 0 amide bonds. The molecule has 0 spiro atoms. The van der Waals surface area contributed by atoms with Crippen molar-refractivity contribution in [3.8, 4) is 11.5 Å². The van der Waals surface area contributed by atoms with E-state index in [-0.39, 0.29) is 0 Å². The predicted octanol–water partition coefficient (Wildman–Crippen LogP) is 2.69. The number of nitrogens with zero attached hydrogens (tertiary/aromatic N) is 1. The SMILES string of the molecule is COc1cccc(Cc2ccccn2)c1OC. The summed E-state index contributed by atoms with van der Waals surface area (Å²) in [5.74, 6) is 1.53. The van der Waals surface area contributed by atoms with Crippen molar-refractivity contribution in [2.45, 2.75) is 6.42 Å². The van der Waals surface area contributed by atoms with Gasteiger partial charge in [0, 0.05) is 23.9 Å². The minimum absolute atomic E-state index is 0.737. The first-order chi connectivity index (χ1) is 8.35. The highest BCUT2D eigenvalue weighted by molar-refractivity contribution is 5.47. The quantitative estimate of drug-likeness (QED) is 0.807. The highest BCUT2D eigenvalue weighted by Gasteiger charge is 2.09. The summed E-state index contributed by atoms with van der Waals surface area (Å²) in [4.78, 5) is 4.31. The van der Waals surface area contributed by atoms with Gasteiger partial charge in [-0.2, -0.15) is 0 Å². The van der Waals surface area contributed by atoms with Crippen LogP contribution in [0.5, 0.6) is 11.5 Å². The van der Waals surface area contributed by atoms with Crippen LogP contribution in [0.4, 0.5) is 0 Å². The molecule has 0 aliphatic heterocycles. The van der Waals surface area contributed by atoms with Crippen LogP contribution in [0.3, 0.4) is 0 Å². The number of pyridine rings is 1. The van der Waals surface area contributed by atoms with E-state index in [2.05, 4.69) is 4.98 Å². The zero-order valence-corrected chi connectivity index (χ0v) is 10.0. The van der Waals surface area contributed by atoms with Crippen LogP contribution in [0.15, 0.2) is 42.6 Å². The van der Waals surface area contributed by atoms with E-state index in [1.165, 1.54) is 0 Å². The number of rotatable bonds is 4. The van der Waals surface area contributed by atoms with Crippen molar-refractivity contribution < 1.29 is 9.47 Å². The van der Waals surface area contributed by atoms with Crippen LogP contribution in [-0.2, 0) is 6.42 Å². The molecule has 3 nitrogen and oxygen atoms in total. The monoisotopic (exact) mass is 229 g/mol. The maximum atomic E-state index is 5.39. The van der Waals surface area contributed by atoms with Gasteiger partial charge < -0.3 is 9.47 Å². The number of benzene rings is 1. The van der Waals surface area contributed by atoms with Crippen molar-refractivity contribution in [2.24, 2.45) is 0 Å². The minimum atomic E-state index is 0.737. The molecule has 17 heavy (non-hydrogen) atoms. The Morgan fingerprint density at radius 2 is 1.88 bits per heavy atom. The van der Waals surface area contributed by atoms with Crippen LogP contribution in [0.25, 0.3) is 0 Å². The van der Waals surface area contributed by atoms with Gasteiger partial charge in [-0.15, -0.1) is 0 Å². The molecule has 1 aromatic heterocycles. The van der Waals surface area contributed by atoms with E-state index in [0.717, 1.165) is 29.2 Å². The largest absolute Gasteiger partial charge is 0.493 e. The van der Waals surface area contributed by atoms with Gasteiger partial charge in [-0.1, -0.05) is 18.2 Å². The molecule has 0 unspecified atom stereocenters. The van der Waals surface area contributed by atoms with E-state index in [1.807, 2.05) is 36.4 Å². The topological polar surface area (TPSA) is 31.4 Å². The Balaban J connectivity index is 2.33. The van der Waals surface area contributed by atoms with Crippen molar-refractivity contribution in [2.75, 3.05) is 14.2 Å². The number of ether oxygens (including phenoxy) is 2. The highest BCUT2D eigenvalue weighted by atomic mass is 16.5.